The van der Waals surface area contributed by atoms with Gasteiger partial charge in [0.2, 0.25) is 5.91 Å². The Morgan fingerprint density at radius 1 is 1.19 bits per heavy atom. The van der Waals surface area contributed by atoms with E-state index in [1.807, 2.05) is 26.8 Å². The number of carbonyl (C=O) groups excluding carboxylic acids is 1. The fourth-order valence-electron chi connectivity index (χ4n) is 2.98. The number of hydrogen-bond donors (Lipinski definition) is 3. The first-order valence-corrected chi connectivity index (χ1v) is 9.45. The van der Waals surface area contributed by atoms with Gasteiger partial charge in [0.1, 0.15) is 0 Å². The number of anilines is 1. The number of aliphatic imine (C=N–C) groups is 1. The molecule has 1 aliphatic rings. The highest BCUT2D eigenvalue weighted by Gasteiger charge is 2.22. The lowest BCUT2D eigenvalue weighted by Crippen LogP contribution is -2.52. The van der Waals surface area contributed by atoms with E-state index in [-0.39, 0.29) is 35.3 Å². The second kappa shape index (κ2) is 11.4. The molecule has 0 saturated carbocycles. The largest absolute Gasteiger partial charge is 0.369 e. The number of guanidine groups is 1. The van der Waals surface area contributed by atoms with Crippen LogP contribution < -0.4 is 20.9 Å². The quantitative estimate of drug-likeness (QED) is 0.259. The molecule has 1 aliphatic heterocycles. The zero-order valence-corrected chi connectivity index (χ0v) is 19.2. The number of para-hydroxylation sites is 1. The molecule has 152 valence electrons. The van der Waals surface area contributed by atoms with Crippen LogP contribution in [0.1, 0.15) is 33.6 Å². The third-order valence-electron chi connectivity index (χ3n) is 4.49. The molecule has 7 heteroatoms. The van der Waals surface area contributed by atoms with E-state index in [1.165, 1.54) is 5.69 Å². The first-order valence-electron chi connectivity index (χ1n) is 9.45. The van der Waals surface area contributed by atoms with Crippen molar-refractivity contribution < 1.29 is 4.79 Å². The first-order chi connectivity index (χ1) is 12.4. The molecule has 0 bridgehead atoms. The van der Waals surface area contributed by atoms with Gasteiger partial charge >= 0.3 is 0 Å². The highest BCUT2D eigenvalue weighted by molar-refractivity contribution is 14.0. The summed E-state index contributed by atoms with van der Waals surface area (Å²) in [7, 11) is 1.78. The van der Waals surface area contributed by atoms with E-state index < -0.39 is 0 Å². The zero-order chi connectivity index (χ0) is 19.0. The van der Waals surface area contributed by atoms with Crippen molar-refractivity contribution >= 4 is 41.5 Å². The number of halogens is 1. The molecule has 3 N–H and O–H groups in total. The Bertz CT molecular complexity index is 600. The lowest BCUT2D eigenvalue weighted by Gasteiger charge is -2.35. The lowest BCUT2D eigenvalue weighted by atomic mass is 9.96. The maximum atomic E-state index is 11.9. The fourth-order valence-corrected chi connectivity index (χ4v) is 2.98. The molecule has 1 amide bonds. The van der Waals surface area contributed by atoms with Gasteiger partial charge in [0.05, 0.1) is 0 Å². The Morgan fingerprint density at radius 3 is 2.48 bits per heavy atom. The topological polar surface area (TPSA) is 68.8 Å². The Balaban J connectivity index is 0.00000364. The van der Waals surface area contributed by atoms with Crippen molar-refractivity contribution in [1.82, 2.24) is 16.0 Å². The molecule has 1 atom stereocenters. The van der Waals surface area contributed by atoms with Crippen LogP contribution in [0.5, 0.6) is 0 Å². The molecule has 2 rings (SSSR count). The summed E-state index contributed by atoms with van der Waals surface area (Å²) in [6.07, 6.45) is 2.29. The van der Waals surface area contributed by atoms with E-state index in [4.69, 9.17) is 0 Å². The van der Waals surface area contributed by atoms with Crippen LogP contribution in [0.4, 0.5) is 5.69 Å². The second-order valence-electron chi connectivity index (χ2n) is 7.77. The van der Waals surface area contributed by atoms with Crippen LogP contribution in [-0.2, 0) is 4.79 Å². The number of carbonyl (C=O) groups is 1. The molecule has 1 aromatic carbocycles. The van der Waals surface area contributed by atoms with Gasteiger partial charge in [-0.05, 0) is 25.0 Å². The molecule has 0 aromatic heterocycles. The number of nitrogens with one attached hydrogen (secondary N) is 3. The molecular formula is C20H34IN5O. The Hall–Kier alpha value is -1.51. The van der Waals surface area contributed by atoms with E-state index >= 15 is 0 Å². The number of benzene rings is 1. The molecule has 1 unspecified atom stereocenters. The summed E-state index contributed by atoms with van der Waals surface area (Å²) in [5.41, 5.74) is 0.912. The smallest absolute Gasteiger partial charge is 0.225 e. The highest BCUT2D eigenvalue weighted by Crippen LogP contribution is 2.19. The Kier molecular flexibility index (Phi) is 9.90. The summed E-state index contributed by atoms with van der Waals surface area (Å²) in [5.74, 6) is 0.850. The minimum atomic E-state index is -0.358. The van der Waals surface area contributed by atoms with Gasteiger partial charge in [-0.3, -0.25) is 9.79 Å². The van der Waals surface area contributed by atoms with Crippen molar-refractivity contribution in [3.63, 3.8) is 0 Å². The molecule has 0 spiro atoms. The van der Waals surface area contributed by atoms with E-state index in [0.29, 0.717) is 19.1 Å². The number of piperidine rings is 1. The van der Waals surface area contributed by atoms with Crippen molar-refractivity contribution in [2.75, 3.05) is 38.1 Å². The van der Waals surface area contributed by atoms with Gasteiger partial charge in [-0.25, -0.2) is 0 Å². The SMILES string of the molecule is CN=C(NCCNC(=O)C(C)(C)C)NC1CCCN(c2ccccc2)C1.I. The van der Waals surface area contributed by atoms with E-state index in [1.54, 1.807) is 7.05 Å². The molecular weight excluding hydrogens is 453 g/mol. The molecule has 1 fully saturated rings. The average molecular weight is 487 g/mol. The first kappa shape index (κ1) is 23.5. The van der Waals surface area contributed by atoms with Gasteiger partial charge in [-0.2, -0.15) is 0 Å². The summed E-state index contributed by atoms with van der Waals surface area (Å²) < 4.78 is 0. The maximum Gasteiger partial charge on any atom is 0.225 e. The Morgan fingerprint density at radius 2 is 1.85 bits per heavy atom. The third kappa shape index (κ3) is 7.94. The molecule has 1 aromatic rings. The van der Waals surface area contributed by atoms with Crippen molar-refractivity contribution in [2.24, 2.45) is 10.4 Å². The molecule has 6 nitrogen and oxygen atoms in total. The van der Waals surface area contributed by atoms with E-state index in [0.717, 1.165) is 31.9 Å². The van der Waals surface area contributed by atoms with Crippen molar-refractivity contribution in [1.29, 1.82) is 0 Å². The van der Waals surface area contributed by atoms with Crippen molar-refractivity contribution in [3.05, 3.63) is 30.3 Å². The van der Waals surface area contributed by atoms with Crippen LogP contribution in [0.2, 0.25) is 0 Å². The maximum absolute atomic E-state index is 11.9. The van der Waals surface area contributed by atoms with Gasteiger partial charge in [0.15, 0.2) is 5.96 Å². The summed E-state index contributed by atoms with van der Waals surface area (Å²) in [5, 5.41) is 9.73. The van der Waals surface area contributed by atoms with Crippen LogP contribution in [0, 0.1) is 5.41 Å². The highest BCUT2D eigenvalue weighted by atomic mass is 127. The number of hydrogen-bond acceptors (Lipinski definition) is 3. The van der Waals surface area contributed by atoms with Gasteiger partial charge in [0, 0.05) is 50.4 Å². The monoisotopic (exact) mass is 487 g/mol. The van der Waals surface area contributed by atoms with Gasteiger partial charge in [-0.1, -0.05) is 39.0 Å². The van der Waals surface area contributed by atoms with Crippen LogP contribution in [0.3, 0.4) is 0 Å². The van der Waals surface area contributed by atoms with Crippen LogP contribution in [0.25, 0.3) is 0 Å². The standard InChI is InChI=1S/C20H33N5O.HI/c1-20(2,3)18(26)22-12-13-23-19(21-4)24-16-9-8-14-25(15-16)17-10-6-5-7-11-17;/h5-7,10-11,16H,8-9,12-15H2,1-4H3,(H,22,26)(H2,21,23,24);1H. The number of amides is 1. The van der Waals surface area contributed by atoms with Gasteiger partial charge in [0.25, 0.3) is 0 Å². The predicted molar refractivity (Wildman–Crippen MR) is 124 cm³/mol. The number of nitrogens with zero attached hydrogens (tertiary/aromatic N) is 2. The normalized spacial score (nSPS) is 17.7. The van der Waals surface area contributed by atoms with Crippen LogP contribution in [-0.4, -0.2) is 51.1 Å². The van der Waals surface area contributed by atoms with Crippen molar-refractivity contribution in [2.45, 2.75) is 39.7 Å². The molecule has 1 heterocycles. The summed E-state index contributed by atoms with van der Waals surface area (Å²) in [6, 6.07) is 10.9. The minimum Gasteiger partial charge on any atom is -0.369 e. The summed E-state index contributed by atoms with van der Waals surface area (Å²) in [6.45, 7) is 9.03. The van der Waals surface area contributed by atoms with Crippen LogP contribution in [0.15, 0.2) is 35.3 Å². The number of rotatable bonds is 5. The minimum absolute atomic E-state index is 0. The van der Waals surface area contributed by atoms with Crippen molar-refractivity contribution in [3.8, 4) is 0 Å². The summed E-state index contributed by atoms with van der Waals surface area (Å²) >= 11 is 0. The molecule has 1 saturated heterocycles. The Labute approximate surface area is 180 Å². The molecule has 27 heavy (non-hydrogen) atoms. The van der Waals surface area contributed by atoms with Gasteiger partial charge < -0.3 is 20.9 Å². The van der Waals surface area contributed by atoms with E-state index in [2.05, 4.69) is 50.1 Å². The molecule has 0 aliphatic carbocycles. The zero-order valence-electron chi connectivity index (χ0n) is 16.9. The van der Waals surface area contributed by atoms with Gasteiger partial charge in [-0.15, -0.1) is 24.0 Å². The fraction of sp³-hybridized carbons (Fsp3) is 0.600. The lowest BCUT2D eigenvalue weighted by molar-refractivity contribution is -0.128. The third-order valence-corrected chi connectivity index (χ3v) is 4.49. The van der Waals surface area contributed by atoms with E-state index in [9.17, 15) is 4.79 Å². The second-order valence-corrected chi connectivity index (χ2v) is 7.77. The summed E-state index contributed by atoms with van der Waals surface area (Å²) in [4.78, 5) is 18.6. The van der Waals surface area contributed by atoms with Crippen LogP contribution >= 0.6 is 24.0 Å². The average Bonchev–Trinajstić information content (AvgIpc) is 2.64. The predicted octanol–water partition coefficient (Wildman–Crippen LogP) is 2.60. The molecule has 0 radical (unpaired) electrons.